The van der Waals surface area contributed by atoms with Crippen molar-refractivity contribution in [3.05, 3.63) is 0 Å². The Labute approximate surface area is 144 Å². The second kappa shape index (κ2) is 6.76. The Kier molecular flexibility index (Phi) is 5.20. The first kappa shape index (κ1) is 18.5. The zero-order chi connectivity index (χ0) is 17.5. The van der Waals surface area contributed by atoms with Crippen molar-refractivity contribution in [2.75, 3.05) is 52.4 Å². The van der Waals surface area contributed by atoms with Gasteiger partial charge in [0.25, 0.3) is 0 Å². The molecular formula is C18H32F3N3. The molecule has 3 fully saturated rings. The fourth-order valence-electron chi connectivity index (χ4n) is 4.97. The van der Waals surface area contributed by atoms with Crippen LogP contribution in [0.1, 0.15) is 33.6 Å². The molecule has 1 atom stereocenters. The molecule has 3 nitrogen and oxygen atoms in total. The standard InChI is InChI=1S/C18H32F3N3/c1-4-22-12-17(13-22)5-7-24(8-6-17)16(18(19,20)21)15-10-23(11-15)9-14(2)3/h14-16H,4-13H2,1-3H3. The van der Waals surface area contributed by atoms with Crippen LogP contribution in [0.4, 0.5) is 13.2 Å². The van der Waals surface area contributed by atoms with Crippen LogP contribution < -0.4 is 0 Å². The third-order valence-electron chi connectivity index (χ3n) is 6.21. The molecule has 3 rings (SSSR count). The molecule has 0 bridgehead atoms. The molecule has 0 N–H and O–H groups in total. The topological polar surface area (TPSA) is 9.72 Å². The molecule has 3 aliphatic heterocycles. The van der Waals surface area contributed by atoms with Crippen LogP contribution in [0, 0.1) is 17.3 Å². The van der Waals surface area contributed by atoms with Crippen LogP contribution in [0.5, 0.6) is 0 Å². The smallest absolute Gasteiger partial charge is 0.302 e. The largest absolute Gasteiger partial charge is 0.404 e. The molecule has 0 aromatic carbocycles. The summed E-state index contributed by atoms with van der Waals surface area (Å²) in [4.78, 5) is 6.31. The summed E-state index contributed by atoms with van der Waals surface area (Å²) in [7, 11) is 0. The number of nitrogens with zero attached hydrogens (tertiary/aromatic N) is 3. The summed E-state index contributed by atoms with van der Waals surface area (Å²) >= 11 is 0. The lowest BCUT2D eigenvalue weighted by molar-refractivity contribution is -0.219. The van der Waals surface area contributed by atoms with Crippen LogP contribution >= 0.6 is 0 Å². The Bertz CT molecular complexity index is 416. The van der Waals surface area contributed by atoms with Crippen molar-refractivity contribution < 1.29 is 13.2 Å². The van der Waals surface area contributed by atoms with Crippen LogP contribution in [0.25, 0.3) is 0 Å². The molecule has 3 saturated heterocycles. The lowest BCUT2D eigenvalue weighted by Gasteiger charge is -2.56. The van der Waals surface area contributed by atoms with E-state index < -0.39 is 12.2 Å². The van der Waals surface area contributed by atoms with Gasteiger partial charge in [0.15, 0.2) is 0 Å². The number of rotatable bonds is 5. The van der Waals surface area contributed by atoms with Crippen LogP contribution in [0.3, 0.4) is 0 Å². The lowest BCUT2D eigenvalue weighted by atomic mass is 9.71. The minimum atomic E-state index is -4.10. The van der Waals surface area contributed by atoms with E-state index in [0.717, 1.165) is 39.0 Å². The second-order valence-corrected chi connectivity index (χ2v) is 8.70. The molecular weight excluding hydrogens is 315 g/mol. The second-order valence-electron chi connectivity index (χ2n) is 8.70. The van der Waals surface area contributed by atoms with Gasteiger partial charge in [0.05, 0.1) is 0 Å². The lowest BCUT2D eigenvalue weighted by Crippen LogP contribution is -2.66. The van der Waals surface area contributed by atoms with Crippen molar-refractivity contribution in [3.8, 4) is 0 Å². The minimum absolute atomic E-state index is 0.244. The van der Waals surface area contributed by atoms with Crippen molar-refractivity contribution in [2.24, 2.45) is 17.3 Å². The van der Waals surface area contributed by atoms with E-state index in [1.165, 1.54) is 0 Å². The molecule has 0 aromatic rings. The summed E-state index contributed by atoms with van der Waals surface area (Å²) in [5.74, 6) is 0.275. The van der Waals surface area contributed by atoms with Gasteiger partial charge in [-0.1, -0.05) is 20.8 Å². The number of halogens is 3. The molecule has 24 heavy (non-hydrogen) atoms. The van der Waals surface area contributed by atoms with Gasteiger partial charge >= 0.3 is 6.18 Å². The average molecular weight is 347 g/mol. The van der Waals surface area contributed by atoms with Gasteiger partial charge in [-0.15, -0.1) is 0 Å². The van der Waals surface area contributed by atoms with Crippen LogP contribution in [0.2, 0.25) is 0 Å². The highest BCUT2D eigenvalue weighted by Gasteiger charge is 2.54. The van der Waals surface area contributed by atoms with Crippen molar-refractivity contribution >= 4 is 0 Å². The quantitative estimate of drug-likeness (QED) is 0.757. The number of hydrogen-bond acceptors (Lipinski definition) is 3. The van der Waals surface area contributed by atoms with Gasteiger partial charge in [-0.25, -0.2) is 0 Å². The van der Waals surface area contributed by atoms with E-state index in [1.807, 2.05) is 0 Å². The Morgan fingerprint density at radius 1 is 1.04 bits per heavy atom. The summed E-state index contributed by atoms with van der Waals surface area (Å²) < 4.78 is 41.1. The molecule has 0 aliphatic carbocycles. The van der Waals surface area contributed by atoms with Crippen molar-refractivity contribution in [3.63, 3.8) is 0 Å². The van der Waals surface area contributed by atoms with E-state index in [1.54, 1.807) is 4.90 Å². The van der Waals surface area contributed by atoms with Gasteiger partial charge in [0.2, 0.25) is 0 Å². The molecule has 0 amide bonds. The van der Waals surface area contributed by atoms with Gasteiger partial charge in [-0.2, -0.15) is 13.2 Å². The molecule has 6 heteroatoms. The zero-order valence-electron chi connectivity index (χ0n) is 15.3. The summed E-state index contributed by atoms with van der Waals surface area (Å²) in [6.45, 7) is 13.0. The first-order valence-corrected chi connectivity index (χ1v) is 9.48. The molecule has 3 aliphatic rings. The molecule has 0 saturated carbocycles. The maximum atomic E-state index is 13.7. The highest BCUT2D eigenvalue weighted by molar-refractivity contribution is 5.01. The van der Waals surface area contributed by atoms with Crippen LogP contribution in [0.15, 0.2) is 0 Å². The third-order valence-corrected chi connectivity index (χ3v) is 6.21. The van der Waals surface area contributed by atoms with Gasteiger partial charge in [0, 0.05) is 38.6 Å². The van der Waals surface area contributed by atoms with Crippen molar-refractivity contribution in [1.29, 1.82) is 0 Å². The number of hydrogen-bond donors (Lipinski definition) is 0. The molecule has 0 radical (unpaired) electrons. The van der Waals surface area contributed by atoms with E-state index in [0.29, 0.717) is 37.5 Å². The van der Waals surface area contributed by atoms with Gasteiger partial charge in [-0.05, 0) is 43.8 Å². The van der Waals surface area contributed by atoms with E-state index in [9.17, 15) is 13.2 Å². The predicted octanol–water partition coefficient (Wildman–Crippen LogP) is 2.92. The molecule has 0 aromatic heterocycles. The Morgan fingerprint density at radius 3 is 2.08 bits per heavy atom. The number of alkyl halides is 3. The zero-order valence-corrected chi connectivity index (χ0v) is 15.3. The Morgan fingerprint density at radius 2 is 1.62 bits per heavy atom. The van der Waals surface area contributed by atoms with Crippen LogP contribution in [-0.4, -0.2) is 79.3 Å². The first-order valence-electron chi connectivity index (χ1n) is 9.48. The van der Waals surface area contributed by atoms with E-state index in [4.69, 9.17) is 0 Å². The summed E-state index contributed by atoms with van der Waals surface area (Å²) in [6, 6.07) is -1.24. The van der Waals surface area contributed by atoms with Gasteiger partial charge < -0.3 is 9.80 Å². The monoisotopic (exact) mass is 347 g/mol. The maximum absolute atomic E-state index is 13.7. The Hall–Kier alpha value is -0.330. The van der Waals surface area contributed by atoms with E-state index >= 15 is 0 Å². The molecule has 1 spiro atoms. The van der Waals surface area contributed by atoms with Crippen molar-refractivity contribution in [2.45, 2.75) is 45.8 Å². The summed E-state index contributed by atoms with van der Waals surface area (Å²) in [5.41, 5.74) is 0.311. The van der Waals surface area contributed by atoms with Crippen LogP contribution in [-0.2, 0) is 0 Å². The predicted molar refractivity (Wildman–Crippen MR) is 90.0 cm³/mol. The average Bonchev–Trinajstić information content (AvgIpc) is 2.41. The molecule has 1 unspecified atom stereocenters. The fourth-order valence-corrected chi connectivity index (χ4v) is 4.97. The summed E-state index contributed by atoms with van der Waals surface area (Å²) in [6.07, 6.45) is -2.24. The highest BCUT2D eigenvalue weighted by atomic mass is 19.4. The number of likely N-dealkylation sites (tertiary alicyclic amines) is 3. The fraction of sp³-hybridized carbons (Fsp3) is 1.00. The normalized spacial score (nSPS) is 28.1. The molecule has 140 valence electrons. The third kappa shape index (κ3) is 3.75. The van der Waals surface area contributed by atoms with Gasteiger partial charge in [0.1, 0.15) is 6.04 Å². The van der Waals surface area contributed by atoms with E-state index in [2.05, 4.69) is 30.6 Å². The van der Waals surface area contributed by atoms with E-state index in [-0.39, 0.29) is 5.92 Å². The minimum Gasteiger partial charge on any atom is -0.302 e. The first-order chi connectivity index (χ1) is 11.2. The highest BCUT2D eigenvalue weighted by Crippen LogP contribution is 2.43. The van der Waals surface area contributed by atoms with Gasteiger partial charge in [-0.3, -0.25) is 4.90 Å². The summed E-state index contributed by atoms with van der Waals surface area (Å²) in [5, 5.41) is 0. The number of piperidine rings is 1. The maximum Gasteiger partial charge on any atom is 0.404 e. The van der Waals surface area contributed by atoms with Crippen molar-refractivity contribution in [1.82, 2.24) is 14.7 Å². The Balaban J connectivity index is 1.55. The molecule has 3 heterocycles. The SMILES string of the molecule is CCN1CC2(CCN(C(C3CN(CC(C)C)C3)C(F)(F)F)CC2)C1.